The van der Waals surface area contributed by atoms with Crippen molar-refractivity contribution in [3.63, 3.8) is 0 Å². The van der Waals surface area contributed by atoms with E-state index >= 15 is 0 Å². The summed E-state index contributed by atoms with van der Waals surface area (Å²) in [6, 6.07) is 24.5. The van der Waals surface area contributed by atoms with Gasteiger partial charge in [-0.2, -0.15) is 0 Å². The highest BCUT2D eigenvalue weighted by molar-refractivity contribution is 7.80. The van der Waals surface area contributed by atoms with Crippen LogP contribution < -0.4 is 5.48 Å². The van der Waals surface area contributed by atoms with E-state index < -0.39 is 0 Å². The van der Waals surface area contributed by atoms with Gasteiger partial charge in [-0.1, -0.05) is 84.5 Å². The number of hydrogen-bond donors (Lipinski definition) is 2. The van der Waals surface area contributed by atoms with E-state index in [1.165, 1.54) is 5.56 Å². The normalized spacial score (nSPS) is 10.9. The Hall–Kier alpha value is -2.66. The molecule has 0 bridgehead atoms. The minimum atomic E-state index is 0.499. The van der Waals surface area contributed by atoms with Crippen molar-refractivity contribution in [1.29, 1.82) is 0 Å². The van der Waals surface area contributed by atoms with Gasteiger partial charge in [0.25, 0.3) is 0 Å². The number of aromatic amines is 1. The van der Waals surface area contributed by atoms with E-state index in [0.29, 0.717) is 4.99 Å². The molecule has 0 spiro atoms. The molecule has 140 valence electrons. The van der Waals surface area contributed by atoms with Crippen LogP contribution in [0.2, 0.25) is 5.02 Å². The van der Waals surface area contributed by atoms with E-state index in [9.17, 15) is 0 Å². The number of hydrogen-bond acceptors (Lipinski definition) is 2. The topological polar surface area (TPSA) is 37.0 Å². The van der Waals surface area contributed by atoms with Crippen LogP contribution >= 0.6 is 23.8 Å². The summed E-state index contributed by atoms with van der Waals surface area (Å²) in [4.78, 5) is 9.01. The zero-order valence-corrected chi connectivity index (χ0v) is 16.9. The first-order chi connectivity index (χ1) is 13.7. The van der Waals surface area contributed by atoms with Gasteiger partial charge in [-0.25, -0.2) is 0 Å². The van der Waals surface area contributed by atoms with Crippen molar-refractivity contribution in [2.24, 2.45) is 0 Å². The average Bonchev–Trinajstić information content (AvgIpc) is 3.12. The van der Waals surface area contributed by atoms with Crippen LogP contribution in [0, 0.1) is 0 Å². The van der Waals surface area contributed by atoms with Crippen LogP contribution in [-0.2, 0) is 11.3 Å². The highest BCUT2D eigenvalue weighted by Gasteiger charge is 2.21. The Balaban J connectivity index is 1.99. The van der Waals surface area contributed by atoms with Gasteiger partial charge >= 0.3 is 0 Å². The van der Waals surface area contributed by atoms with Crippen molar-refractivity contribution >= 4 is 39.7 Å². The van der Waals surface area contributed by atoms with Crippen LogP contribution in [0.5, 0.6) is 0 Å². The van der Waals surface area contributed by atoms with Gasteiger partial charge < -0.3 is 4.98 Å². The number of thiocarbonyl (C=S) groups is 1. The molecule has 0 aliphatic heterocycles. The zero-order chi connectivity index (χ0) is 19.5. The fourth-order valence-electron chi connectivity index (χ4n) is 3.51. The molecule has 1 aromatic heterocycles. The highest BCUT2D eigenvalue weighted by Crippen LogP contribution is 2.38. The van der Waals surface area contributed by atoms with Crippen LogP contribution in [0.25, 0.3) is 22.0 Å². The highest BCUT2D eigenvalue weighted by atomic mass is 35.5. The first-order valence-corrected chi connectivity index (χ1v) is 9.73. The standard InChI is InChI=1S/C23H19ClN2OS/c1-27-26-23(28)22-20(16-10-6-3-7-11-16)21-17(14-15-8-4-2-5-9-15)18(24)12-13-19(21)25-22/h2-13,25H,14H2,1H3,(H,26,28). The smallest absolute Gasteiger partial charge is 0.147 e. The Labute approximate surface area is 174 Å². The van der Waals surface area contributed by atoms with Gasteiger partial charge in [0, 0.05) is 21.5 Å². The lowest BCUT2D eigenvalue weighted by molar-refractivity contribution is 0.147. The number of fused-ring (bicyclic) bond motifs is 1. The van der Waals surface area contributed by atoms with Gasteiger partial charge in [0.2, 0.25) is 0 Å². The van der Waals surface area contributed by atoms with Crippen LogP contribution in [0.1, 0.15) is 16.8 Å². The SMILES string of the molecule is CONC(=S)c1[nH]c2ccc(Cl)c(Cc3ccccc3)c2c1-c1ccccc1. The molecule has 0 saturated heterocycles. The molecular formula is C23H19ClN2OS. The van der Waals surface area contributed by atoms with Crippen molar-refractivity contribution in [1.82, 2.24) is 10.5 Å². The third-order valence-corrected chi connectivity index (χ3v) is 5.36. The lowest BCUT2D eigenvalue weighted by Gasteiger charge is -2.11. The fraction of sp³-hybridized carbons (Fsp3) is 0.0870. The van der Waals surface area contributed by atoms with Crippen molar-refractivity contribution in [2.75, 3.05) is 7.11 Å². The predicted octanol–water partition coefficient (Wildman–Crippen LogP) is 5.91. The molecule has 0 aliphatic carbocycles. The molecule has 1 heterocycles. The number of halogens is 1. The Kier molecular flexibility index (Phi) is 5.44. The van der Waals surface area contributed by atoms with E-state index in [-0.39, 0.29) is 0 Å². The molecule has 0 fully saturated rings. The second kappa shape index (κ2) is 8.15. The Morgan fingerprint density at radius 1 is 1.00 bits per heavy atom. The van der Waals surface area contributed by atoms with E-state index in [1.54, 1.807) is 7.11 Å². The number of aromatic nitrogens is 1. The van der Waals surface area contributed by atoms with Crippen molar-refractivity contribution in [3.05, 3.63) is 94.6 Å². The zero-order valence-electron chi connectivity index (χ0n) is 15.3. The summed E-state index contributed by atoms with van der Waals surface area (Å²) >= 11 is 12.2. The summed E-state index contributed by atoms with van der Waals surface area (Å²) < 4.78 is 0. The number of rotatable bonds is 5. The molecule has 0 saturated carbocycles. The lowest BCUT2D eigenvalue weighted by Crippen LogP contribution is -2.21. The van der Waals surface area contributed by atoms with Crippen molar-refractivity contribution < 1.29 is 4.84 Å². The van der Waals surface area contributed by atoms with Gasteiger partial charge in [-0.3, -0.25) is 10.3 Å². The van der Waals surface area contributed by atoms with E-state index in [2.05, 4.69) is 34.7 Å². The molecule has 4 rings (SSSR count). The number of nitrogens with one attached hydrogen (secondary N) is 2. The number of hydroxylamine groups is 1. The van der Waals surface area contributed by atoms with Crippen molar-refractivity contribution in [2.45, 2.75) is 6.42 Å². The second-order valence-corrected chi connectivity index (χ2v) is 7.30. The van der Waals surface area contributed by atoms with Crippen LogP contribution in [0.4, 0.5) is 0 Å². The predicted molar refractivity (Wildman–Crippen MR) is 120 cm³/mol. The summed E-state index contributed by atoms with van der Waals surface area (Å²) in [5, 5.41) is 1.82. The molecule has 0 atom stereocenters. The van der Waals surface area contributed by atoms with Crippen molar-refractivity contribution in [3.8, 4) is 11.1 Å². The summed E-state index contributed by atoms with van der Waals surface area (Å²) in [7, 11) is 1.55. The number of benzene rings is 3. The Morgan fingerprint density at radius 2 is 1.68 bits per heavy atom. The molecule has 0 amide bonds. The lowest BCUT2D eigenvalue weighted by atomic mass is 9.95. The third-order valence-electron chi connectivity index (χ3n) is 4.72. The van der Waals surface area contributed by atoms with Crippen LogP contribution in [-0.4, -0.2) is 17.1 Å². The molecule has 4 aromatic rings. The quantitative estimate of drug-likeness (QED) is 0.319. The first kappa shape index (κ1) is 18.7. The maximum Gasteiger partial charge on any atom is 0.147 e. The largest absolute Gasteiger partial charge is 0.352 e. The minimum absolute atomic E-state index is 0.499. The molecule has 5 heteroatoms. The monoisotopic (exact) mass is 406 g/mol. The van der Waals surface area contributed by atoms with Crippen LogP contribution in [0.15, 0.2) is 72.8 Å². The molecule has 0 aliphatic rings. The maximum absolute atomic E-state index is 6.68. The summed E-state index contributed by atoms with van der Waals surface area (Å²) in [6.45, 7) is 0. The molecule has 3 aromatic carbocycles. The first-order valence-electron chi connectivity index (χ1n) is 8.94. The molecular weight excluding hydrogens is 388 g/mol. The average molecular weight is 407 g/mol. The van der Waals surface area contributed by atoms with Gasteiger partial charge in [-0.15, -0.1) is 0 Å². The second-order valence-electron chi connectivity index (χ2n) is 6.49. The molecule has 0 unspecified atom stereocenters. The third kappa shape index (κ3) is 3.54. The van der Waals surface area contributed by atoms with Gasteiger partial charge in [0.15, 0.2) is 0 Å². The molecule has 0 radical (unpaired) electrons. The number of H-pyrrole nitrogens is 1. The molecule has 3 nitrogen and oxygen atoms in total. The summed E-state index contributed by atoms with van der Waals surface area (Å²) in [5.41, 5.74) is 8.97. The maximum atomic E-state index is 6.68. The fourth-order valence-corrected chi connectivity index (χ4v) is 3.98. The van der Waals surface area contributed by atoms with Gasteiger partial charge in [0.05, 0.1) is 12.8 Å². The van der Waals surface area contributed by atoms with Gasteiger partial charge in [0.1, 0.15) is 4.99 Å². The summed E-state index contributed by atoms with van der Waals surface area (Å²) in [6.07, 6.45) is 0.735. The van der Waals surface area contributed by atoms with E-state index in [1.807, 2.05) is 48.5 Å². The Bertz CT molecular complexity index is 1120. The Morgan fingerprint density at radius 3 is 2.36 bits per heavy atom. The summed E-state index contributed by atoms with van der Waals surface area (Å²) in [5.74, 6) is 0. The molecule has 2 N–H and O–H groups in total. The molecule has 28 heavy (non-hydrogen) atoms. The van der Waals surface area contributed by atoms with E-state index in [0.717, 1.165) is 44.7 Å². The van der Waals surface area contributed by atoms with Crippen LogP contribution in [0.3, 0.4) is 0 Å². The van der Waals surface area contributed by atoms with E-state index in [4.69, 9.17) is 28.7 Å². The minimum Gasteiger partial charge on any atom is -0.352 e. The van der Waals surface area contributed by atoms with Gasteiger partial charge in [-0.05, 0) is 35.2 Å².